The fourth-order valence-corrected chi connectivity index (χ4v) is 6.21. The Labute approximate surface area is 168 Å². The summed E-state index contributed by atoms with van der Waals surface area (Å²) in [5, 5.41) is 12.6. The molecule has 2 aromatic rings. The van der Waals surface area contributed by atoms with Crippen LogP contribution in [0.25, 0.3) is 11.3 Å². The molecule has 5 nitrogen and oxygen atoms in total. The smallest absolute Gasteiger partial charge is 0.242 e. The van der Waals surface area contributed by atoms with Crippen molar-refractivity contribution >= 4 is 29.1 Å². The molecule has 4 saturated carbocycles. The summed E-state index contributed by atoms with van der Waals surface area (Å²) in [6.45, 7) is 0.191. The molecule has 0 spiro atoms. The lowest BCUT2D eigenvalue weighted by Crippen LogP contribution is -2.60. The first-order chi connectivity index (χ1) is 13.0. The van der Waals surface area contributed by atoms with Crippen LogP contribution in [0.1, 0.15) is 38.5 Å². The lowest BCUT2D eigenvalue weighted by molar-refractivity contribution is -0.127. The number of benzene rings is 1. The van der Waals surface area contributed by atoms with Crippen molar-refractivity contribution in [1.82, 2.24) is 20.3 Å². The molecule has 4 fully saturated rings. The van der Waals surface area contributed by atoms with Gasteiger partial charge in [-0.25, -0.2) is 4.68 Å². The van der Waals surface area contributed by atoms with Crippen LogP contribution in [0.5, 0.6) is 0 Å². The quantitative estimate of drug-likeness (QED) is 0.824. The van der Waals surface area contributed by atoms with Gasteiger partial charge in [0.2, 0.25) is 5.91 Å². The van der Waals surface area contributed by atoms with Crippen molar-refractivity contribution in [3.63, 3.8) is 0 Å². The second-order valence-electron chi connectivity index (χ2n) is 8.68. The molecule has 0 atom stereocenters. The zero-order chi connectivity index (χ0) is 18.6. The van der Waals surface area contributed by atoms with Crippen LogP contribution in [0.15, 0.2) is 24.4 Å². The first-order valence-corrected chi connectivity index (χ1v) is 10.4. The predicted octanol–water partition coefficient (Wildman–Crippen LogP) is 4.34. The number of hydrogen-bond acceptors (Lipinski definition) is 3. The van der Waals surface area contributed by atoms with Gasteiger partial charge < -0.3 is 5.32 Å². The zero-order valence-electron chi connectivity index (χ0n) is 15.0. The third-order valence-electron chi connectivity index (χ3n) is 6.50. The number of halogens is 2. The third kappa shape index (κ3) is 3.36. The monoisotopic (exact) mass is 404 g/mol. The van der Waals surface area contributed by atoms with Gasteiger partial charge in [-0.3, -0.25) is 4.79 Å². The van der Waals surface area contributed by atoms with Crippen molar-refractivity contribution in [3.8, 4) is 11.3 Å². The van der Waals surface area contributed by atoms with Crippen LogP contribution < -0.4 is 5.32 Å². The van der Waals surface area contributed by atoms with Gasteiger partial charge in [-0.15, -0.1) is 5.10 Å². The molecular weight excluding hydrogens is 383 g/mol. The number of carbonyl (C=O) groups is 1. The summed E-state index contributed by atoms with van der Waals surface area (Å²) >= 11 is 12.0. The predicted molar refractivity (Wildman–Crippen MR) is 105 cm³/mol. The van der Waals surface area contributed by atoms with Crippen molar-refractivity contribution in [2.24, 2.45) is 17.8 Å². The fourth-order valence-electron chi connectivity index (χ4n) is 5.91. The molecule has 1 amide bonds. The maximum Gasteiger partial charge on any atom is 0.242 e. The molecule has 0 radical (unpaired) electrons. The second kappa shape index (κ2) is 6.49. The Morgan fingerprint density at radius 1 is 1.11 bits per heavy atom. The summed E-state index contributed by atoms with van der Waals surface area (Å²) in [6.07, 6.45) is 9.32. The summed E-state index contributed by atoms with van der Waals surface area (Å²) in [7, 11) is 0. The summed E-state index contributed by atoms with van der Waals surface area (Å²) in [5.41, 5.74) is 1.53. The van der Waals surface area contributed by atoms with E-state index < -0.39 is 0 Å². The lowest BCUT2D eigenvalue weighted by atomic mass is 9.53. The van der Waals surface area contributed by atoms with Gasteiger partial charge in [0.05, 0.1) is 16.2 Å². The Morgan fingerprint density at radius 3 is 2.41 bits per heavy atom. The van der Waals surface area contributed by atoms with Crippen molar-refractivity contribution < 1.29 is 4.79 Å². The lowest BCUT2D eigenvalue weighted by Gasteiger charge is -2.56. The molecule has 4 aliphatic rings. The van der Waals surface area contributed by atoms with E-state index in [-0.39, 0.29) is 18.0 Å². The minimum atomic E-state index is 0.0267. The van der Waals surface area contributed by atoms with Crippen LogP contribution >= 0.6 is 23.2 Å². The normalized spacial score (nSPS) is 31.3. The van der Waals surface area contributed by atoms with Crippen LogP contribution in [-0.2, 0) is 11.3 Å². The van der Waals surface area contributed by atoms with E-state index in [1.165, 1.54) is 19.3 Å². The molecule has 4 aliphatic carbocycles. The molecule has 1 heterocycles. The number of nitrogens with one attached hydrogen (secondary N) is 1. The van der Waals surface area contributed by atoms with Gasteiger partial charge in [-0.2, -0.15) is 0 Å². The number of aromatic nitrogens is 3. The maximum absolute atomic E-state index is 12.7. The van der Waals surface area contributed by atoms with Crippen LogP contribution in [-0.4, -0.2) is 26.4 Å². The molecule has 7 heteroatoms. The first-order valence-electron chi connectivity index (χ1n) is 9.65. The third-order valence-corrected chi connectivity index (χ3v) is 7.24. The van der Waals surface area contributed by atoms with Crippen molar-refractivity contribution in [1.29, 1.82) is 0 Å². The minimum absolute atomic E-state index is 0.0267. The van der Waals surface area contributed by atoms with E-state index in [4.69, 9.17) is 23.2 Å². The van der Waals surface area contributed by atoms with E-state index >= 15 is 0 Å². The highest BCUT2D eigenvalue weighted by atomic mass is 35.5. The van der Waals surface area contributed by atoms with Gasteiger partial charge in [0, 0.05) is 11.1 Å². The molecular formula is C20H22Cl2N4O. The van der Waals surface area contributed by atoms with E-state index in [0.29, 0.717) is 15.7 Å². The van der Waals surface area contributed by atoms with Crippen LogP contribution in [0, 0.1) is 17.8 Å². The zero-order valence-corrected chi connectivity index (χ0v) is 16.5. The SMILES string of the molecule is O=C(Cn1cc(-c2ccc(Cl)c(Cl)c2)nn1)NC12CC3CC(CC(C3)C1)C2. The second-order valence-corrected chi connectivity index (χ2v) is 9.49. The van der Waals surface area contributed by atoms with Gasteiger partial charge in [0.15, 0.2) is 0 Å². The maximum atomic E-state index is 12.7. The average Bonchev–Trinajstić information content (AvgIpc) is 3.03. The van der Waals surface area contributed by atoms with Gasteiger partial charge in [-0.1, -0.05) is 34.5 Å². The molecule has 1 N–H and O–H groups in total. The molecule has 6 rings (SSSR count). The highest BCUT2D eigenvalue weighted by Gasteiger charge is 2.51. The Hall–Kier alpha value is -1.59. The van der Waals surface area contributed by atoms with Crippen LogP contribution in [0.3, 0.4) is 0 Å². The average molecular weight is 405 g/mol. The first kappa shape index (κ1) is 17.5. The number of amides is 1. The number of rotatable bonds is 4. The molecule has 1 aromatic carbocycles. The van der Waals surface area contributed by atoms with Gasteiger partial charge in [-0.05, 0) is 68.4 Å². The van der Waals surface area contributed by atoms with E-state index in [9.17, 15) is 4.79 Å². The van der Waals surface area contributed by atoms with Gasteiger partial charge >= 0.3 is 0 Å². The summed E-state index contributed by atoms with van der Waals surface area (Å²) in [4.78, 5) is 12.7. The molecule has 27 heavy (non-hydrogen) atoms. The largest absolute Gasteiger partial charge is 0.349 e. The minimum Gasteiger partial charge on any atom is -0.349 e. The molecule has 0 aliphatic heterocycles. The Kier molecular flexibility index (Phi) is 4.21. The molecule has 0 unspecified atom stereocenters. The van der Waals surface area contributed by atoms with E-state index in [1.807, 2.05) is 6.07 Å². The number of hydrogen-bond donors (Lipinski definition) is 1. The molecule has 4 bridgehead atoms. The molecule has 1 aromatic heterocycles. The fraction of sp³-hybridized carbons (Fsp3) is 0.550. The number of carbonyl (C=O) groups excluding carboxylic acids is 1. The molecule has 142 valence electrons. The summed E-state index contributed by atoms with van der Waals surface area (Å²) < 4.78 is 1.59. The van der Waals surface area contributed by atoms with Gasteiger partial charge in [0.25, 0.3) is 0 Å². The van der Waals surface area contributed by atoms with E-state index in [1.54, 1.807) is 23.0 Å². The molecule has 0 saturated heterocycles. The Bertz CT molecular complexity index is 859. The van der Waals surface area contributed by atoms with Crippen molar-refractivity contribution in [2.45, 2.75) is 50.6 Å². The standard InChI is InChI=1S/C20H22Cl2N4O/c21-16-2-1-15(6-17(16)22)18-10-26(25-24-18)11-19(27)23-20-7-12-3-13(8-20)5-14(4-12)9-20/h1-2,6,10,12-14H,3-5,7-9,11H2,(H,23,27). The van der Waals surface area contributed by atoms with Crippen LogP contribution in [0.4, 0.5) is 0 Å². The topological polar surface area (TPSA) is 59.8 Å². The van der Waals surface area contributed by atoms with E-state index in [0.717, 1.165) is 42.6 Å². The summed E-state index contributed by atoms with van der Waals surface area (Å²) in [5.74, 6) is 2.46. The van der Waals surface area contributed by atoms with Crippen LogP contribution in [0.2, 0.25) is 10.0 Å². The summed E-state index contributed by atoms with van der Waals surface area (Å²) in [6, 6.07) is 5.34. The Balaban J connectivity index is 1.27. The van der Waals surface area contributed by atoms with E-state index in [2.05, 4.69) is 15.6 Å². The number of nitrogens with zero attached hydrogens (tertiary/aromatic N) is 3. The highest BCUT2D eigenvalue weighted by Crippen LogP contribution is 2.55. The van der Waals surface area contributed by atoms with Crippen molar-refractivity contribution in [3.05, 3.63) is 34.4 Å². The highest BCUT2D eigenvalue weighted by molar-refractivity contribution is 6.42. The van der Waals surface area contributed by atoms with Crippen molar-refractivity contribution in [2.75, 3.05) is 0 Å². The Morgan fingerprint density at radius 2 is 1.78 bits per heavy atom. The van der Waals surface area contributed by atoms with Gasteiger partial charge in [0.1, 0.15) is 12.2 Å².